The third kappa shape index (κ3) is 5.58. The summed E-state index contributed by atoms with van der Waals surface area (Å²) >= 11 is 1.13. The normalized spacial score (nSPS) is 16.8. The van der Waals surface area contributed by atoms with E-state index in [4.69, 9.17) is 9.73 Å². The number of anilines is 1. The lowest BCUT2D eigenvalue weighted by atomic mass is 9.93. The number of fused-ring (bicyclic) bond motifs is 1. The fraction of sp³-hybridized carbons (Fsp3) is 0.242. The quantitative estimate of drug-likeness (QED) is 0.166. The van der Waals surface area contributed by atoms with Gasteiger partial charge in [0.05, 0.1) is 33.4 Å². The van der Waals surface area contributed by atoms with Gasteiger partial charge in [-0.05, 0) is 56.0 Å². The maximum Gasteiger partial charge on any atom is 0.338 e. The van der Waals surface area contributed by atoms with Crippen molar-refractivity contribution < 1.29 is 18.8 Å². The SMILES string of the molecule is CCOC(=O)C1=C(c2ccccc2)N=c2s/c(=C/c3cc([N+](=O)[O-])ccc3N3CCCCC3)c(=O)n2[C@@H]1c1ccc(F)cc1. The summed E-state index contributed by atoms with van der Waals surface area (Å²) in [7, 11) is 0. The van der Waals surface area contributed by atoms with Gasteiger partial charge in [0.15, 0.2) is 4.80 Å². The molecule has 6 rings (SSSR count). The van der Waals surface area contributed by atoms with Crippen molar-refractivity contribution in [2.45, 2.75) is 32.2 Å². The van der Waals surface area contributed by atoms with Crippen LogP contribution in [0.3, 0.4) is 0 Å². The summed E-state index contributed by atoms with van der Waals surface area (Å²) in [4.78, 5) is 46.4. The van der Waals surface area contributed by atoms with Crippen LogP contribution in [0.4, 0.5) is 15.8 Å². The van der Waals surface area contributed by atoms with Crippen LogP contribution in [0.5, 0.6) is 0 Å². The van der Waals surface area contributed by atoms with Crippen molar-refractivity contribution in [3.63, 3.8) is 0 Å². The average Bonchev–Trinajstić information content (AvgIpc) is 3.35. The zero-order valence-electron chi connectivity index (χ0n) is 23.9. The van der Waals surface area contributed by atoms with E-state index < -0.39 is 28.3 Å². The van der Waals surface area contributed by atoms with Gasteiger partial charge in [-0.1, -0.05) is 53.8 Å². The lowest BCUT2D eigenvalue weighted by Gasteiger charge is -2.30. The number of rotatable bonds is 7. The highest BCUT2D eigenvalue weighted by Crippen LogP contribution is 2.35. The summed E-state index contributed by atoms with van der Waals surface area (Å²) < 4.78 is 21.2. The number of benzene rings is 3. The number of carbonyl (C=O) groups is 1. The minimum atomic E-state index is -0.949. The molecule has 1 atom stereocenters. The van der Waals surface area contributed by atoms with Crippen LogP contribution in [-0.4, -0.2) is 35.2 Å². The first kappa shape index (κ1) is 29.2. The summed E-state index contributed by atoms with van der Waals surface area (Å²) in [6, 6.07) is 18.5. The molecule has 0 saturated carbocycles. The first-order chi connectivity index (χ1) is 21.4. The molecular formula is C33H29FN4O5S. The van der Waals surface area contributed by atoms with Crippen molar-refractivity contribution in [1.29, 1.82) is 0 Å². The van der Waals surface area contributed by atoms with E-state index in [-0.39, 0.29) is 17.9 Å². The van der Waals surface area contributed by atoms with Crippen molar-refractivity contribution in [2.75, 3.05) is 24.6 Å². The van der Waals surface area contributed by atoms with Crippen LogP contribution in [0.2, 0.25) is 0 Å². The highest BCUT2D eigenvalue weighted by atomic mass is 32.1. The van der Waals surface area contributed by atoms with Gasteiger partial charge in [0.2, 0.25) is 0 Å². The highest BCUT2D eigenvalue weighted by Gasteiger charge is 2.35. The fourth-order valence-electron chi connectivity index (χ4n) is 5.74. The number of carbonyl (C=O) groups excluding carboxylic acids is 1. The largest absolute Gasteiger partial charge is 0.463 e. The number of piperidine rings is 1. The van der Waals surface area contributed by atoms with Crippen molar-refractivity contribution in [1.82, 2.24) is 4.57 Å². The zero-order chi connectivity index (χ0) is 30.8. The second-order valence-electron chi connectivity index (χ2n) is 10.5. The fourth-order valence-corrected chi connectivity index (χ4v) is 6.73. The molecule has 44 heavy (non-hydrogen) atoms. The molecule has 3 aromatic carbocycles. The van der Waals surface area contributed by atoms with Gasteiger partial charge in [0, 0.05) is 42.0 Å². The Bertz CT molecular complexity index is 1940. The number of hydrogen-bond donors (Lipinski definition) is 0. The Hall–Kier alpha value is -4.90. The van der Waals surface area contributed by atoms with Crippen molar-refractivity contribution in [2.24, 2.45) is 4.99 Å². The van der Waals surface area contributed by atoms with E-state index in [2.05, 4.69) is 4.90 Å². The van der Waals surface area contributed by atoms with Gasteiger partial charge in [-0.25, -0.2) is 14.2 Å². The Kier molecular flexibility index (Phi) is 8.21. The van der Waals surface area contributed by atoms with E-state index in [0.717, 1.165) is 49.4 Å². The topological polar surface area (TPSA) is 107 Å². The van der Waals surface area contributed by atoms with Crippen molar-refractivity contribution in [3.05, 3.63) is 131 Å². The van der Waals surface area contributed by atoms with Crippen LogP contribution >= 0.6 is 11.3 Å². The van der Waals surface area contributed by atoms with E-state index in [1.807, 2.05) is 30.3 Å². The number of ether oxygens (including phenoxy) is 1. The molecule has 1 aromatic heterocycles. The zero-order valence-corrected chi connectivity index (χ0v) is 24.8. The van der Waals surface area contributed by atoms with Gasteiger partial charge in [-0.15, -0.1) is 0 Å². The van der Waals surface area contributed by atoms with E-state index in [1.54, 1.807) is 31.2 Å². The molecule has 0 N–H and O–H groups in total. The molecule has 4 aromatic rings. The van der Waals surface area contributed by atoms with Crippen LogP contribution < -0.4 is 19.8 Å². The number of halogens is 1. The van der Waals surface area contributed by atoms with E-state index in [0.29, 0.717) is 31.7 Å². The van der Waals surface area contributed by atoms with Gasteiger partial charge >= 0.3 is 5.97 Å². The first-order valence-corrected chi connectivity index (χ1v) is 15.2. The first-order valence-electron chi connectivity index (χ1n) is 14.4. The molecule has 0 aliphatic carbocycles. The Morgan fingerprint density at radius 2 is 1.82 bits per heavy atom. The maximum atomic E-state index is 14.2. The predicted octanol–water partition coefficient (Wildman–Crippen LogP) is 4.97. The predicted molar refractivity (Wildman–Crippen MR) is 167 cm³/mol. The Morgan fingerprint density at radius 1 is 1.09 bits per heavy atom. The minimum Gasteiger partial charge on any atom is -0.463 e. The Labute approximate surface area is 256 Å². The third-order valence-electron chi connectivity index (χ3n) is 7.76. The standard InChI is InChI=1S/C33H29FN4O5S/c1-2-43-32(40)28-29(21-9-5-3-6-10-21)35-33-37(30(28)22-11-13-24(34)14-12-22)31(39)27(44-33)20-23-19-25(38(41)42)15-16-26(23)36-17-7-4-8-18-36/h3,5-6,9-16,19-20,30H,2,4,7-8,17-18H2,1H3/b27-20+/t30-/m1/s1. The van der Waals surface area contributed by atoms with Gasteiger partial charge < -0.3 is 9.64 Å². The number of aromatic nitrogens is 1. The van der Waals surface area contributed by atoms with Crippen LogP contribution in [-0.2, 0) is 9.53 Å². The van der Waals surface area contributed by atoms with E-state index >= 15 is 0 Å². The van der Waals surface area contributed by atoms with Crippen LogP contribution in [0.1, 0.15) is 48.9 Å². The average molecular weight is 613 g/mol. The summed E-state index contributed by atoms with van der Waals surface area (Å²) in [6.45, 7) is 3.43. The van der Waals surface area contributed by atoms with Crippen LogP contribution in [0, 0.1) is 15.9 Å². The van der Waals surface area contributed by atoms with Crippen LogP contribution in [0.15, 0.2) is 88.2 Å². The Balaban J connectivity index is 1.62. The molecule has 9 nitrogen and oxygen atoms in total. The molecule has 0 unspecified atom stereocenters. The Morgan fingerprint density at radius 3 is 2.50 bits per heavy atom. The smallest absolute Gasteiger partial charge is 0.338 e. The summed E-state index contributed by atoms with van der Waals surface area (Å²) in [6.07, 6.45) is 4.80. The lowest BCUT2D eigenvalue weighted by Crippen LogP contribution is -2.40. The van der Waals surface area contributed by atoms with Crippen molar-refractivity contribution >= 4 is 40.5 Å². The molecule has 2 aliphatic rings. The number of nitro groups is 1. The number of hydrogen-bond acceptors (Lipinski definition) is 8. The monoisotopic (exact) mass is 612 g/mol. The molecule has 1 fully saturated rings. The molecule has 11 heteroatoms. The molecular weight excluding hydrogens is 583 g/mol. The highest BCUT2D eigenvalue weighted by molar-refractivity contribution is 7.07. The van der Waals surface area contributed by atoms with Gasteiger partial charge in [-0.3, -0.25) is 19.5 Å². The number of esters is 1. The summed E-state index contributed by atoms with van der Waals surface area (Å²) in [5, 5.41) is 11.7. The molecule has 0 bridgehead atoms. The van der Waals surface area contributed by atoms with Gasteiger partial charge in [-0.2, -0.15) is 0 Å². The summed E-state index contributed by atoms with van der Waals surface area (Å²) in [5.74, 6) is -1.09. The van der Waals surface area contributed by atoms with Crippen molar-refractivity contribution in [3.8, 4) is 0 Å². The van der Waals surface area contributed by atoms with E-state index in [9.17, 15) is 24.1 Å². The molecule has 0 radical (unpaired) electrons. The third-order valence-corrected chi connectivity index (χ3v) is 8.75. The van der Waals surface area contributed by atoms with Crippen LogP contribution in [0.25, 0.3) is 11.8 Å². The minimum absolute atomic E-state index is 0.0788. The molecule has 1 saturated heterocycles. The van der Waals surface area contributed by atoms with Gasteiger partial charge in [0.25, 0.3) is 11.2 Å². The van der Waals surface area contributed by atoms with Gasteiger partial charge in [0.1, 0.15) is 5.82 Å². The maximum absolute atomic E-state index is 14.2. The van der Waals surface area contributed by atoms with E-state index in [1.165, 1.54) is 28.8 Å². The lowest BCUT2D eigenvalue weighted by molar-refractivity contribution is -0.384. The number of thiazole rings is 1. The molecule has 224 valence electrons. The second-order valence-corrected chi connectivity index (χ2v) is 11.5. The molecule has 0 spiro atoms. The summed E-state index contributed by atoms with van der Waals surface area (Å²) in [5.41, 5.74) is 2.55. The molecule has 2 aliphatic heterocycles. The number of nitro benzene ring substituents is 1. The number of non-ortho nitro benzene ring substituents is 1. The molecule has 3 heterocycles. The number of nitrogens with zero attached hydrogens (tertiary/aromatic N) is 4. The molecule has 0 amide bonds. The second kappa shape index (κ2) is 12.4.